The minimum Gasteiger partial charge on any atom is -0.361 e. The molecule has 3 aliphatic rings. The third-order valence-corrected chi connectivity index (χ3v) is 11.0. The molecular formula is C31H39N5O2Si. The number of aryl methyl sites for hydroxylation is 1. The van der Waals surface area contributed by atoms with Gasteiger partial charge < -0.3 is 13.9 Å². The minimum atomic E-state index is -1.17. The molecule has 204 valence electrons. The second-order valence-electron chi connectivity index (χ2n) is 13.7. The summed E-state index contributed by atoms with van der Waals surface area (Å²) < 4.78 is 12.0. The first-order valence-corrected chi connectivity index (χ1v) is 18.2. The maximum Gasteiger partial charge on any atom is 0.279 e. The Morgan fingerprint density at radius 3 is 2.59 bits per heavy atom. The van der Waals surface area contributed by atoms with E-state index in [4.69, 9.17) is 4.74 Å². The van der Waals surface area contributed by atoms with Crippen molar-refractivity contribution in [2.45, 2.75) is 82.3 Å². The van der Waals surface area contributed by atoms with Gasteiger partial charge in [-0.3, -0.25) is 9.36 Å². The third-order valence-electron chi connectivity index (χ3n) is 9.33. The molecule has 7 nitrogen and oxygen atoms in total. The largest absolute Gasteiger partial charge is 0.361 e. The normalized spacial score (nSPS) is 19.5. The number of aromatic nitrogens is 5. The summed E-state index contributed by atoms with van der Waals surface area (Å²) in [5.74, 6) is 1.56. The van der Waals surface area contributed by atoms with Gasteiger partial charge in [-0.15, -0.1) is 10.2 Å². The van der Waals surface area contributed by atoms with E-state index in [1.54, 1.807) is 6.33 Å². The molecule has 3 saturated carbocycles. The Morgan fingerprint density at radius 2 is 1.92 bits per heavy atom. The van der Waals surface area contributed by atoms with Crippen LogP contribution in [-0.4, -0.2) is 38.6 Å². The van der Waals surface area contributed by atoms with E-state index in [1.165, 1.54) is 36.8 Å². The Morgan fingerprint density at radius 1 is 1.13 bits per heavy atom. The SMILES string of the molecule is Cn1cnnc1C1(c2cccc(-n3cc(C4CC4)c4ccn(COCC[Si](C)(C)C)c4c3=O)c2)CC2(CC2)C1. The molecule has 3 heterocycles. The van der Waals surface area contributed by atoms with E-state index in [0.717, 1.165) is 47.9 Å². The van der Waals surface area contributed by atoms with Crippen LogP contribution in [0.5, 0.6) is 0 Å². The summed E-state index contributed by atoms with van der Waals surface area (Å²) in [6.45, 7) is 8.23. The molecular weight excluding hydrogens is 502 g/mol. The van der Waals surface area contributed by atoms with Crippen LogP contribution < -0.4 is 5.56 Å². The van der Waals surface area contributed by atoms with Crippen molar-refractivity contribution < 1.29 is 4.74 Å². The van der Waals surface area contributed by atoms with Crippen molar-refractivity contribution in [2.24, 2.45) is 12.5 Å². The van der Waals surface area contributed by atoms with Gasteiger partial charge in [0.25, 0.3) is 5.56 Å². The second-order valence-corrected chi connectivity index (χ2v) is 19.3. The predicted octanol–water partition coefficient (Wildman–Crippen LogP) is 5.97. The van der Waals surface area contributed by atoms with Crippen LogP contribution in [0.2, 0.25) is 25.7 Å². The van der Waals surface area contributed by atoms with E-state index < -0.39 is 8.07 Å². The number of rotatable bonds is 9. The van der Waals surface area contributed by atoms with Gasteiger partial charge in [0.05, 0.1) is 5.41 Å². The lowest BCUT2D eigenvalue weighted by Gasteiger charge is -2.48. The molecule has 3 aromatic heterocycles. The number of ether oxygens (including phenoxy) is 1. The van der Waals surface area contributed by atoms with Crippen molar-refractivity contribution in [3.05, 3.63) is 76.4 Å². The van der Waals surface area contributed by atoms with Crippen LogP contribution in [0.1, 0.15) is 61.4 Å². The zero-order chi connectivity index (χ0) is 27.0. The molecule has 0 bridgehead atoms. The lowest BCUT2D eigenvalue weighted by atomic mass is 9.56. The molecule has 39 heavy (non-hydrogen) atoms. The Labute approximate surface area is 230 Å². The first-order chi connectivity index (χ1) is 18.7. The second kappa shape index (κ2) is 8.76. The predicted molar refractivity (Wildman–Crippen MR) is 156 cm³/mol. The molecule has 1 aromatic carbocycles. The van der Waals surface area contributed by atoms with Gasteiger partial charge in [-0.25, -0.2) is 0 Å². The van der Waals surface area contributed by atoms with Gasteiger partial charge in [-0.1, -0.05) is 31.8 Å². The van der Waals surface area contributed by atoms with Crippen molar-refractivity contribution in [2.75, 3.05) is 6.61 Å². The summed E-state index contributed by atoms with van der Waals surface area (Å²) in [4.78, 5) is 14.1. The van der Waals surface area contributed by atoms with Crippen molar-refractivity contribution in [1.29, 1.82) is 0 Å². The molecule has 0 amide bonds. The Kier molecular flexibility index (Phi) is 5.62. The van der Waals surface area contributed by atoms with Gasteiger partial charge in [-0.05, 0) is 85.2 Å². The highest BCUT2D eigenvalue weighted by atomic mass is 28.3. The summed E-state index contributed by atoms with van der Waals surface area (Å²) >= 11 is 0. The van der Waals surface area contributed by atoms with E-state index in [-0.39, 0.29) is 11.0 Å². The number of fused-ring (bicyclic) bond motifs is 1. The van der Waals surface area contributed by atoms with Crippen molar-refractivity contribution in [3.63, 3.8) is 0 Å². The molecule has 3 fully saturated rings. The summed E-state index contributed by atoms with van der Waals surface area (Å²) in [5.41, 5.74) is 4.54. The monoisotopic (exact) mass is 541 g/mol. The molecule has 3 aliphatic carbocycles. The molecule has 7 rings (SSSR count). The van der Waals surface area contributed by atoms with Gasteiger partial charge in [-0.2, -0.15) is 0 Å². The van der Waals surface area contributed by atoms with Gasteiger partial charge in [0, 0.05) is 45.2 Å². The molecule has 0 atom stereocenters. The van der Waals surface area contributed by atoms with Gasteiger partial charge in [0.1, 0.15) is 24.4 Å². The van der Waals surface area contributed by atoms with Crippen LogP contribution in [0.3, 0.4) is 0 Å². The zero-order valence-corrected chi connectivity index (χ0v) is 24.6. The van der Waals surface area contributed by atoms with Crippen LogP contribution in [0.25, 0.3) is 16.6 Å². The molecule has 0 unspecified atom stereocenters. The van der Waals surface area contributed by atoms with Crippen LogP contribution >= 0.6 is 0 Å². The minimum absolute atomic E-state index is 0.0188. The Hall–Kier alpha value is -2.97. The van der Waals surface area contributed by atoms with Crippen LogP contribution in [0.15, 0.2) is 53.8 Å². The fourth-order valence-corrected chi connectivity index (χ4v) is 7.56. The molecule has 0 N–H and O–H groups in total. The fourth-order valence-electron chi connectivity index (χ4n) is 6.81. The number of hydrogen-bond acceptors (Lipinski definition) is 4. The van der Waals surface area contributed by atoms with Gasteiger partial charge >= 0.3 is 0 Å². The van der Waals surface area contributed by atoms with E-state index in [2.05, 4.69) is 70.9 Å². The van der Waals surface area contributed by atoms with Crippen molar-refractivity contribution in [3.8, 4) is 5.69 Å². The summed E-state index contributed by atoms with van der Waals surface area (Å²) in [7, 11) is 0.870. The lowest BCUT2D eigenvalue weighted by Crippen LogP contribution is -2.45. The zero-order valence-electron chi connectivity index (χ0n) is 23.6. The quantitative estimate of drug-likeness (QED) is 0.193. The smallest absolute Gasteiger partial charge is 0.279 e. The highest BCUT2D eigenvalue weighted by Gasteiger charge is 2.63. The maximum absolute atomic E-state index is 14.1. The van der Waals surface area contributed by atoms with Gasteiger partial charge in [0.15, 0.2) is 0 Å². The van der Waals surface area contributed by atoms with E-state index >= 15 is 0 Å². The number of hydrogen-bond donors (Lipinski definition) is 0. The Bertz CT molecular complexity index is 1610. The number of pyridine rings is 1. The molecule has 0 saturated heterocycles. The van der Waals surface area contributed by atoms with Crippen LogP contribution in [0, 0.1) is 5.41 Å². The van der Waals surface area contributed by atoms with Crippen molar-refractivity contribution >= 4 is 19.0 Å². The standard InChI is InChI=1S/C31H39N5O2Si/c1-34-20-32-33-29(34)31(18-30(19-31)11-12-30)23-6-5-7-24(16-23)36-17-26(22-8-9-22)25-10-13-35(27(25)28(36)37)21-38-14-15-39(2,3)4/h5-7,10,13,16-17,20,22H,8-9,11-12,14-15,18-19,21H2,1-4H3. The molecule has 8 heteroatoms. The Balaban J connectivity index is 1.29. The van der Waals surface area contributed by atoms with Gasteiger partial charge in [0.2, 0.25) is 0 Å². The average Bonchev–Trinajstić information content (AvgIpc) is 3.79. The molecule has 0 aliphatic heterocycles. The highest BCUT2D eigenvalue weighted by molar-refractivity contribution is 6.76. The van der Waals surface area contributed by atoms with Crippen molar-refractivity contribution in [1.82, 2.24) is 23.9 Å². The summed E-state index contributed by atoms with van der Waals surface area (Å²) in [5, 5.41) is 9.87. The summed E-state index contributed by atoms with van der Waals surface area (Å²) in [6.07, 6.45) is 13.1. The third kappa shape index (κ3) is 4.32. The van der Waals surface area contributed by atoms with E-state index in [0.29, 0.717) is 18.1 Å². The van der Waals surface area contributed by atoms with Crippen LogP contribution in [0.4, 0.5) is 0 Å². The number of benzene rings is 1. The molecule has 1 spiro atoms. The molecule has 0 radical (unpaired) electrons. The first kappa shape index (κ1) is 25.0. The molecule has 4 aromatic rings. The lowest BCUT2D eigenvalue weighted by molar-refractivity contribution is 0.0901. The highest BCUT2D eigenvalue weighted by Crippen LogP contribution is 2.70. The maximum atomic E-state index is 14.1. The van der Waals surface area contributed by atoms with Crippen LogP contribution in [-0.2, 0) is 23.9 Å². The average molecular weight is 542 g/mol. The van der Waals surface area contributed by atoms with E-state index in [1.807, 2.05) is 22.4 Å². The number of nitrogens with zero attached hydrogens (tertiary/aromatic N) is 5. The fraction of sp³-hybridized carbons (Fsp3) is 0.516. The topological polar surface area (TPSA) is 66.9 Å². The van der Waals surface area contributed by atoms with E-state index in [9.17, 15) is 4.79 Å². The first-order valence-electron chi connectivity index (χ1n) is 14.5. The summed E-state index contributed by atoms with van der Waals surface area (Å²) in [6, 6.07) is 11.8.